The van der Waals surface area contributed by atoms with Crippen LogP contribution in [0.1, 0.15) is 36.5 Å². The molecule has 1 aliphatic rings. The molecule has 7 nitrogen and oxygen atoms in total. The monoisotopic (exact) mass is 265 g/mol. The molecule has 0 saturated carbocycles. The van der Waals surface area contributed by atoms with Gasteiger partial charge in [0.15, 0.2) is 0 Å². The van der Waals surface area contributed by atoms with Gasteiger partial charge in [0.05, 0.1) is 4.92 Å². The lowest BCUT2D eigenvalue weighted by Gasteiger charge is -2.34. The molecule has 0 aromatic carbocycles. The molecule has 7 heteroatoms. The first-order chi connectivity index (χ1) is 9.00. The number of nitrogens with zero attached hydrogens (tertiary/aromatic N) is 3. The summed E-state index contributed by atoms with van der Waals surface area (Å²) in [5.41, 5.74) is -0.784. The average molecular weight is 265 g/mol. The lowest BCUT2D eigenvalue weighted by Crippen LogP contribution is -2.38. The summed E-state index contributed by atoms with van der Waals surface area (Å²) in [5.74, 6) is -0.810. The highest BCUT2D eigenvalue weighted by Crippen LogP contribution is 2.27. The highest BCUT2D eigenvalue weighted by atomic mass is 16.6. The van der Waals surface area contributed by atoms with E-state index in [-0.39, 0.29) is 11.6 Å². The number of nitro groups is 1. The molecule has 0 bridgehead atoms. The van der Waals surface area contributed by atoms with Gasteiger partial charge in [0, 0.05) is 18.7 Å². The maximum absolute atomic E-state index is 11.1. The van der Waals surface area contributed by atoms with Gasteiger partial charge in [0.25, 0.3) is 0 Å². The lowest BCUT2D eigenvalue weighted by molar-refractivity contribution is -0.385. The molecule has 1 atom stereocenters. The van der Waals surface area contributed by atoms with Crippen LogP contribution in [-0.2, 0) is 0 Å². The predicted molar refractivity (Wildman–Crippen MR) is 68.5 cm³/mol. The van der Waals surface area contributed by atoms with Gasteiger partial charge in [-0.1, -0.05) is 0 Å². The third kappa shape index (κ3) is 2.64. The fraction of sp³-hybridized carbons (Fsp3) is 0.500. The zero-order valence-corrected chi connectivity index (χ0v) is 10.6. The molecule has 2 rings (SSSR count). The minimum Gasteiger partial charge on any atom is -0.477 e. The van der Waals surface area contributed by atoms with Crippen molar-refractivity contribution in [3.63, 3.8) is 0 Å². The molecule has 1 saturated heterocycles. The van der Waals surface area contributed by atoms with Crippen LogP contribution >= 0.6 is 0 Å². The summed E-state index contributed by atoms with van der Waals surface area (Å²) in [6, 6.07) is 1.56. The van der Waals surface area contributed by atoms with E-state index >= 15 is 0 Å². The van der Waals surface area contributed by atoms with Crippen molar-refractivity contribution in [2.45, 2.75) is 32.2 Å². The average Bonchev–Trinajstić information content (AvgIpc) is 2.38. The van der Waals surface area contributed by atoms with Gasteiger partial charge in [-0.3, -0.25) is 10.1 Å². The van der Waals surface area contributed by atoms with E-state index in [1.165, 1.54) is 6.07 Å². The number of carboxylic acids is 1. The molecule has 2 heterocycles. The van der Waals surface area contributed by atoms with Crippen LogP contribution in [0.3, 0.4) is 0 Å². The Morgan fingerprint density at radius 2 is 2.32 bits per heavy atom. The molecular weight excluding hydrogens is 250 g/mol. The van der Waals surface area contributed by atoms with E-state index < -0.39 is 16.6 Å². The fourth-order valence-corrected chi connectivity index (χ4v) is 2.35. The zero-order valence-electron chi connectivity index (χ0n) is 10.6. The highest BCUT2D eigenvalue weighted by Gasteiger charge is 2.25. The lowest BCUT2D eigenvalue weighted by atomic mass is 10.0. The van der Waals surface area contributed by atoms with Gasteiger partial charge in [0.2, 0.25) is 0 Å². The number of hydrogen-bond acceptors (Lipinski definition) is 5. The Balaban J connectivity index is 2.40. The van der Waals surface area contributed by atoms with E-state index in [1.54, 1.807) is 0 Å². The Labute approximate surface area is 110 Å². The SMILES string of the molecule is CC1CCCCN1c1cc(C(=O)O)c([N+](=O)[O-])cn1. The van der Waals surface area contributed by atoms with E-state index in [0.717, 1.165) is 32.0 Å². The third-order valence-electron chi connectivity index (χ3n) is 3.39. The van der Waals surface area contributed by atoms with Crippen molar-refractivity contribution < 1.29 is 14.8 Å². The summed E-state index contributed by atoms with van der Waals surface area (Å²) in [6.07, 6.45) is 4.20. The molecule has 1 aromatic rings. The Morgan fingerprint density at radius 3 is 2.89 bits per heavy atom. The minimum atomic E-state index is -1.31. The maximum atomic E-state index is 11.1. The minimum absolute atomic E-state index is 0.268. The van der Waals surface area contributed by atoms with Crippen LogP contribution in [0.15, 0.2) is 12.3 Å². The van der Waals surface area contributed by atoms with Crippen molar-refractivity contribution in [1.82, 2.24) is 4.98 Å². The molecule has 0 aliphatic carbocycles. The molecule has 0 amide bonds. The molecule has 1 fully saturated rings. The van der Waals surface area contributed by atoms with Crippen LogP contribution in [0.2, 0.25) is 0 Å². The van der Waals surface area contributed by atoms with Crippen LogP contribution in [0, 0.1) is 10.1 Å². The zero-order chi connectivity index (χ0) is 14.0. The predicted octanol–water partition coefficient (Wildman–Crippen LogP) is 2.07. The second-order valence-electron chi connectivity index (χ2n) is 4.66. The molecule has 1 unspecified atom stereocenters. The Morgan fingerprint density at radius 1 is 1.58 bits per heavy atom. The van der Waals surface area contributed by atoms with Gasteiger partial charge >= 0.3 is 11.7 Å². The van der Waals surface area contributed by atoms with E-state index in [2.05, 4.69) is 4.98 Å². The van der Waals surface area contributed by atoms with Crippen molar-refractivity contribution in [2.24, 2.45) is 0 Å². The summed E-state index contributed by atoms with van der Waals surface area (Å²) in [6.45, 7) is 2.84. The number of rotatable bonds is 3. The molecule has 1 N–H and O–H groups in total. The maximum Gasteiger partial charge on any atom is 0.342 e. The van der Waals surface area contributed by atoms with Crippen LogP contribution in [0.4, 0.5) is 11.5 Å². The number of hydrogen-bond donors (Lipinski definition) is 1. The van der Waals surface area contributed by atoms with Gasteiger partial charge in [-0.05, 0) is 26.2 Å². The second kappa shape index (κ2) is 5.21. The topological polar surface area (TPSA) is 96.6 Å². The molecule has 102 valence electrons. The smallest absolute Gasteiger partial charge is 0.342 e. The number of aromatic nitrogens is 1. The number of piperidine rings is 1. The number of carbonyl (C=O) groups is 1. The first kappa shape index (κ1) is 13.3. The van der Waals surface area contributed by atoms with E-state index in [4.69, 9.17) is 5.11 Å². The van der Waals surface area contributed by atoms with Crippen LogP contribution in [-0.4, -0.2) is 33.6 Å². The summed E-state index contributed by atoms with van der Waals surface area (Å²) in [5, 5.41) is 19.8. The highest BCUT2D eigenvalue weighted by molar-refractivity contribution is 5.93. The van der Waals surface area contributed by atoms with Crippen molar-refractivity contribution in [2.75, 3.05) is 11.4 Å². The number of carboxylic acid groups (broad SMARTS) is 1. The molecule has 0 radical (unpaired) electrons. The number of aromatic carboxylic acids is 1. The van der Waals surface area contributed by atoms with E-state index in [0.29, 0.717) is 5.82 Å². The van der Waals surface area contributed by atoms with Gasteiger partial charge in [-0.2, -0.15) is 0 Å². The molecule has 1 aromatic heterocycles. The largest absolute Gasteiger partial charge is 0.477 e. The normalized spacial score (nSPS) is 19.2. The Bertz CT molecular complexity index is 518. The third-order valence-corrected chi connectivity index (χ3v) is 3.39. The Kier molecular flexibility index (Phi) is 3.64. The van der Waals surface area contributed by atoms with Crippen LogP contribution in [0.5, 0.6) is 0 Å². The summed E-state index contributed by atoms with van der Waals surface area (Å²) in [7, 11) is 0. The number of pyridine rings is 1. The first-order valence-electron chi connectivity index (χ1n) is 6.15. The van der Waals surface area contributed by atoms with Crippen molar-refractivity contribution in [1.29, 1.82) is 0 Å². The molecule has 0 spiro atoms. The summed E-state index contributed by atoms with van der Waals surface area (Å²) >= 11 is 0. The fourth-order valence-electron chi connectivity index (χ4n) is 2.35. The Hall–Kier alpha value is -2.18. The van der Waals surface area contributed by atoms with Crippen LogP contribution in [0.25, 0.3) is 0 Å². The standard InChI is InChI=1S/C12H15N3O4/c1-8-4-2-3-5-14(8)11-6-9(12(16)17)10(7-13-11)15(18)19/h6-8H,2-5H2,1H3,(H,16,17). The molecule has 19 heavy (non-hydrogen) atoms. The van der Waals surface area contributed by atoms with Crippen molar-refractivity contribution in [3.05, 3.63) is 27.9 Å². The first-order valence-corrected chi connectivity index (χ1v) is 6.15. The van der Waals surface area contributed by atoms with E-state index in [9.17, 15) is 14.9 Å². The van der Waals surface area contributed by atoms with Crippen LogP contribution < -0.4 is 4.90 Å². The van der Waals surface area contributed by atoms with Gasteiger partial charge in [-0.25, -0.2) is 9.78 Å². The molecule has 1 aliphatic heterocycles. The van der Waals surface area contributed by atoms with Gasteiger partial charge < -0.3 is 10.0 Å². The van der Waals surface area contributed by atoms with Gasteiger partial charge in [-0.15, -0.1) is 0 Å². The quantitative estimate of drug-likeness (QED) is 0.663. The summed E-state index contributed by atoms with van der Waals surface area (Å²) in [4.78, 5) is 27.2. The number of anilines is 1. The second-order valence-corrected chi connectivity index (χ2v) is 4.66. The molecular formula is C12H15N3O4. The van der Waals surface area contributed by atoms with Crippen molar-refractivity contribution in [3.8, 4) is 0 Å². The van der Waals surface area contributed by atoms with Gasteiger partial charge in [0.1, 0.15) is 17.6 Å². The summed E-state index contributed by atoms with van der Waals surface area (Å²) < 4.78 is 0. The van der Waals surface area contributed by atoms with Crippen molar-refractivity contribution >= 4 is 17.5 Å². The van der Waals surface area contributed by atoms with E-state index in [1.807, 2.05) is 11.8 Å².